The summed E-state index contributed by atoms with van der Waals surface area (Å²) in [5, 5.41) is 0. The first-order valence-electron chi connectivity index (χ1n) is 14.4. The minimum Gasteiger partial charge on any atom is -0.398 e. The molecule has 0 fully saturated rings. The quantitative estimate of drug-likeness (QED) is 0.0367. The fourth-order valence-electron chi connectivity index (χ4n) is 3.49. The molecule has 16 heteroatoms. The maximum absolute atomic E-state index is 5.90. The van der Waals surface area contributed by atoms with Crippen LogP contribution < -0.4 is 0 Å². The smallest absolute Gasteiger partial charge is 0.398 e. The van der Waals surface area contributed by atoms with Crippen molar-refractivity contribution in [1.29, 1.82) is 0 Å². The van der Waals surface area contributed by atoms with Gasteiger partial charge < -0.3 is 35.4 Å². The average Bonchev–Trinajstić information content (AvgIpc) is 2.94. The second-order valence-electron chi connectivity index (χ2n) is 8.32. The lowest BCUT2D eigenvalue weighted by Gasteiger charge is -2.28. The minimum atomic E-state index is -2.49. The molecule has 0 aliphatic rings. The van der Waals surface area contributed by atoms with Crippen molar-refractivity contribution in [3.8, 4) is 0 Å². The molecule has 0 aromatic heterocycles. The first-order chi connectivity index (χ1) is 19.3. The van der Waals surface area contributed by atoms with Gasteiger partial charge in [-0.2, -0.15) is 12.6 Å². The lowest BCUT2D eigenvalue weighted by Crippen LogP contribution is -2.46. The van der Waals surface area contributed by atoms with E-state index in [0.29, 0.717) is 39.6 Å². The molecule has 0 aromatic carbocycles. The van der Waals surface area contributed by atoms with E-state index < -0.39 is 26.2 Å². The SMILES string of the molecule is CCO[Si](CCCSSSSCCC[Si](OCC)(OCC)OCC)(OCC)OCC.CO[Si](C)(CCCS)OC. The van der Waals surface area contributed by atoms with Crippen molar-refractivity contribution in [3.63, 3.8) is 0 Å². The molecule has 244 valence electrons. The molecule has 40 heavy (non-hydrogen) atoms. The lowest BCUT2D eigenvalue weighted by molar-refractivity contribution is 0.0704. The van der Waals surface area contributed by atoms with Gasteiger partial charge in [0.15, 0.2) is 0 Å². The van der Waals surface area contributed by atoms with Crippen LogP contribution in [-0.4, -0.2) is 97.3 Å². The minimum absolute atomic E-state index is 0.640. The van der Waals surface area contributed by atoms with Crippen LogP contribution in [0.2, 0.25) is 24.7 Å². The van der Waals surface area contributed by atoms with Gasteiger partial charge in [-0.25, -0.2) is 0 Å². The summed E-state index contributed by atoms with van der Waals surface area (Å²) in [6.45, 7) is 17.9. The zero-order valence-electron chi connectivity index (χ0n) is 26.5. The van der Waals surface area contributed by atoms with Gasteiger partial charge in [-0.15, -0.1) is 0 Å². The van der Waals surface area contributed by atoms with E-state index >= 15 is 0 Å². The van der Waals surface area contributed by atoms with Crippen LogP contribution in [0.25, 0.3) is 0 Å². The second kappa shape index (κ2) is 29.8. The zero-order chi connectivity index (χ0) is 30.6. The maximum Gasteiger partial charge on any atom is 0.500 e. The van der Waals surface area contributed by atoms with Crippen molar-refractivity contribution in [1.82, 2.24) is 0 Å². The fraction of sp³-hybridized carbons (Fsp3) is 1.00. The summed E-state index contributed by atoms with van der Waals surface area (Å²) in [5.74, 6) is 3.04. The molecule has 0 rings (SSSR count). The Bertz CT molecular complexity index is 479. The van der Waals surface area contributed by atoms with Crippen molar-refractivity contribution in [3.05, 3.63) is 0 Å². The Morgan fingerprint density at radius 2 is 0.850 bits per heavy atom. The Kier molecular flexibility index (Phi) is 32.9. The van der Waals surface area contributed by atoms with Crippen LogP contribution >= 0.6 is 53.9 Å². The Hall–Kier alpha value is 2.08. The van der Waals surface area contributed by atoms with Crippen molar-refractivity contribution in [2.45, 2.75) is 85.5 Å². The lowest BCUT2D eigenvalue weighted by atomic mass is 10.6. The monoisotopic (exact) mass is 718 g/mol. The number of hydrogen-bond acceptors (Lipinski definition) is 13. The standard InChI is InChI=1S/C18H42O6S4Si2.C6H16O2SSi/c1-7-19-29(20-8-2,21-9-3)17-13-15-25-27-28-26-16-14-18-30(22-10-4,23-11-5)24-12-6;1-7-10(3,8-2)6-4-5-9/h7-18H2,1-6H3;9H,4-6H2,1-3H3. The normalized spacial score (nSPS) is 12.4. The van der Waals surface area contributed by atoms with E-state index in [-0.39, 0.29) is 0 Å². The number of rotatable bonds is 28. The van der Waals surface area contributed by atoms with E-state index in [2.05, 4.69) is 19.2 Å². The van der Waals surface area contributed by atoms with Gasteiger partial charge in [-0.1, -0.05) is 21.6 Å². The van der Waals surface area contributed by atoms with Gasteiger partial charge in [0.1, 0.15) is 0 Å². The first kappa shape index (κ1) is 44.2. The summed E-state index contributed by atoms with van der Waals surface area (Å²) in [4.78, 5) is 0. The Morgan fingerprint density at radius 3 is 1.10 bits per heavy atom. The fourth-order valence-corrected chi connectivity index (χ4v) is 17.2. The molecule has 0 heterocycles. The van der Waals surface area contributed by atoms with Crippen LogP contribution in [0.5, 0.6) is 0 Å². The predicted molar refractivity (Wildman–Crippen MR) is 189 cm³/mol. The van der Waals surface area contributed by atoms with Gasteiger partial charge in [-0.05, 0) is 98.8 Å². The van der Waals surface area contributed by atoms with Crippen molar-refractivity contribution in [2.75, 3.05) is 71.1 Å². The Labute approximate surface area is 270 Å². The summed E-state index contributed by atoms with van der Waals surface area (Å²) in [6, 6.07) is 2.79. The highest BCUT2D eigenvalue weighted by Crippen LogP contribution is 2.44. The third-order valence-corrected chi connectivity index (χ3v) is 21.6. The molecule has 0 saturated carbocycles. The zero-order valence-corrected chi connectivity index (χ0v) is 33.6. The van der Waals surface area contributed by atoms with Gasteiger partial charge in [0.25, 0.3) is 0 Å². The molecule has 0 amide bonds. The second-order valence-corrected chi connectivity index (χ2v) is 24.1. The summed E-state index contributed by atoms with van der Waals surface area (Å²) in [6.07, 6.45) is 3.16. The van der Waals surface area contributed by atoms with Crippen molar-refractivity contribution in [2.24, 2.45) is 0 Å². The van der Waals surface area contributed by atoms with E-state index in [1.807, 2.05) is 82.8 Å². The molecule has 0 N–H and O–H groups in total. The summed E-state index contributed by atoms with van der Waals surface area (Å²) in [5.41, 5.74) is 0. The average molecular weight is 719 g/mol. The topological polar surface area (TPSA) is 73.8 Å². The van der Waals surface area contributed by atoms with Gasteiger partial charge in [0, 0.05) is 77.5 Å². The Morgan fingerprint density at radius 1 is 0.525 bits per heavy atom. The van der Waals surface area contributed by atoms with Crippen molar-refractivity contribution < 1.29 is 35.4 Å². The molecule has 0 spiro atoms. The molecule has 0 unspecified atom stereocenters. The summed E-state index contributed by atoms with van der Waals surface area (Å²) in [7, 11) is 4.14. The third-order valence-electron chi connectivity index (χ3n) is 5.38. The van der Waals surface area contributed by atoms with Gasteiger partial charge in [0.05, 0.1) is 0 Å². The highest BCUT2D eigenvalue weighted by atomic mass is 33.7. The van der Waals surface area contributed by atoms with Gasteiger partial charge in [-0.3, -0.25) is 0 Å². The van der Waals surface area contributed by atoms with Gasteiger partial charge >= 0.3 is 26.2 Å². The molecule has 8 nitrogen and oxygen atoms in total. The molecule has 0 radical (unpaired) electrons. The van der Waals surface area contributed by atoms with Crippen LogP contribution in [0, 0.1) is 0 Å². The van der Waals surface area contributed by atoms with Gasteiger partial charge in [0.2, 0.25) is 0 Å². The first-order valence-corrected chi connectivity index (χ1v) is 26.6. The molecular weight excluding hydrogens is 661 g/mol. The largest absolute Gasteiger partial charge is 0.500 e. The van der Waals surface area contributed by atoms with E-state index in [1.165, 1.54) is 0 Å². The molecule has 0 aromatic rings. The Balaban J connectivity index is 0. The van der Waals surface area contributed by atoms with Crippen molar-refractivity contribution >= 4 is 80.0 Å². The third kappa shape index (κ3) is 22.6. The number of thiol groups is 1. The van der Waals surface area contributed by atoms with E-state index in [9.17, 15) is 0 Å². The number of hydrogen-bond donors (Lipinski definition) is 1. The summed E-state index contributed by atoms with van der Waals surface area (Å²) >= 11 is 4.12. The van der Waals surface area contributed by atoms with E-state index in [0.717, 1.165) is 54.7 Å². The molecular formula is C24H58O8S5Si3. The highest BCUT2D eigenvalue weighted by Gasteiger charge is 2.40. The molecule has 0 atom stereocenters. The van der Waals surface area contributed by atoms with E-state index in [4.69, 9.17) is 35.4 Å². The van der Waals surface area contributed by atoms with Crippen LogP contribution in [0.1, 0.15) is 60.8 Å². The molecule has 0 bridgehead atoms. The summed E-state index contributed by atoms with van der Waals surface area (Å²) < 4.78 is 46.0. The van der Waals surface area contributed by atoms with E-state index in [1.54, 1.807) is 14.2 Å². The van der Waals surface area contributed by atoms with Crippen LogP contribution in [0.15, 0.2) is 0 Å². The molecule has 0 saturated heterocycles. The molecule has 0 aliphatic heterocycles. The van der Waals surface area contributed by atoms with Crippen LogP contribution in [-0.2, 0) is 35.4 Å². The highest BCUT2D eigenvalue weighted by molar-refractivity contribution is 9.26. The maximum atomic E-state index is 5.90. The molecule has 0 aliphatic carbocycles. The van der Waals surface area contributed by atoms with Crippen LogP contribution in [0.4, 0.5) is 0 Å². The predicted octanol–water partition coefficient (Wildman–Crippen LogP) is 8.21. The van der Waals surface area contributed by atoms with Crippen LogP contribution in [0.3, 0.4) is 0 Å².